The first-order valence-electron chi connectivity index (χ1n) is 7.15. The lowest BCUT2D eigenvalue weighted by Crippen LogP contribution is -2.48. The Hall–Kier alpha value is -1.10. The summed E-state index contributed by atoms with van der Waals surface area (Å²) in [6.45, 7) is 0.426. The number of carbonyl (C=O) groups is 2. The van der Waals surface area contributed by atoms with E-state index in [1.54, 1.807) is 19.0 Å². The predicted octanol–water partition coefficient (Wildman–Crippen LogP) is 0.893. The minimum absolute atomic E-state index is 0.0338. The van der Waals surface area contributed by atoms with Gasteiger partial charge in [0.15, 0.2) is 0 Å². The van der Waals surface area contributed by atoms with E-state index >= 15 is 0 Å². The number of nitrogens with one attached hydrogen (secondary N) is 2. The maximum atomic E-state index is 12.0. The van der Waals surface area contributed by atoms with Gasteiger partial charge in [0, 0.05) is 39.0 Å². The maximum Gasteiger partial charge on any atom is 0.223 e. The van der Waals surface area contributed by atoms with Gasteiger partial charge in [0.1, 0.15) is 0 Å². The summed E-state index contributed by atoms with van der Waals surface area (Å²) in [4.78, 5) is 24.9. The van der Waals surface area contributed by atoms with Crippen LogP contribution >= 0.6 is 0 Å². The summed E-state index contributed by atoms with van der Waals surface area (Å²) in [6, 6.07) is 0. The van der Waals surface area contributed by atoms with Crippen molar-refractivity contribution < 1.29 is 9.59 Å². The Morgan fingerprint density at radius 2 is 1.79 bits per heavy atom. The first-order chi connectivity index (χ1) is 8.99. The Kier molecular flexibility index (Phi) is 6.28. The van der Waals surface area contributed by atoms with Gasteiger partial charge in [0.2, 0.25) is 11.8 Å². The summed E-state index contributed by atoms with van der Waals surface area (Å²) in [6.07, 6.45) is 6.65. The average Bonchev–Trinajstić information content (AvgIpc) is 2.39. The molecule has 0 aliphatic heterocycles. The lowest BCUT2D eigenvalue weighted by Gasteiger charge is -2.36. The third-order valence-corrected chi connectivity index (χ3v) is 4.00. The Morgan fingerprint density at radius 3 is 2.32 bits per heavy atom. The molecular weight excluding hydrogens is 242 g/mol. The molecule has 0 bridgehead atoms. The van der Waals surface area contributed by atoms with Crippen LogP contribution < -0.4 is 10.6 Å². The first kappa shape index (κ1) is 16.0. The van der Waals surface area contributed by atoms with Gasteiger partial charge in [-0.05, 0) is 19.9 Å². The van der Waals surface area contributed by atoms with Gasteiger partial charge in [-0.1, -0.05) is 19.3 Å². The summed E-state index contributed by atoms with van der Waals surface area (Å²) in [7, 11) is 5.39. The van der Waals surface area contributed by atoms with Gasteiger partial charge in [0.25, 0.3) is 0 Å². The van der Waals surface area contributed by atoms with Crippen molar-refractivity contribution in [1.29, 1.82) is 0 Å². The smallest absolute Gasteiger partial charge is 0.223 e. The normalized spacial score (nSPS) is 17.8. The van der Waals surface area contributed by atoms with Crippen LogP contribution in [0.2, 0.25) is 0 Å². The topological polar surface area (TPSA) is 61.4 Å². The molecule has 1 aliphatic carbocycles. The molecule has 2 N–H and O–H groups in total. The van der Waals surface area contributed by atoms with Gasteiger partial charge in [-0.15, -0.1) is 0 Å². The standard InChI is InChI=1S/C14H27N3O2/c1-15-14(8-5-4-6-9-14)11-12(18)16-10-7-13(19)17(2)3/h15H,4-11H2,1-3H3,(H,16,18). The van der Waals surface area contributed by atoms with Crippen LogP contribution in [-0.4, -0.2) is 49.9 Å². The third-order valence-electron chi connectivity index (χ3n) is 4.00. The maximum absolute atomic E-state index is 12.0. The van der Waals surface area contributed by atoms with Crippen LogP contribution in [0, 0.1) is 0 Å². The molecule has 5 nitrogen and oxygen atoms in total. The molecule has 2 amide bonds. The number of amides is 2. The van der Waals surface area contributed by atoms with E-state index in [4.69, 9.17) is 0 Å². The third kappa shape index (κ3) is 5.19. The van der Waals surface area contributed by atoms with E-state index in [0.29, 0.717) is 19.4 Å². The minimum Gasteiger partial charge on any atom is -0.356 e. The van der Waals surface area contributed by atoms with Crippen LogP contribution in [0.1, 0.15) is 44.9 Å². The van der Waals surface area contributed by atoms with Gasteiger partial charge < -0.3 is 15.5 Å². The predicted molar refractivity (Wildman–Crippen MR) is 75.8 cm³/mol. The van der Waals surface area contributed by atoms with Crippen molar-refractivity contribution in [2.24, 2.45) is 0 Å². The molecule has 1 aliphatic rings. The van der Waals surface area contributed by atoms with E-state index in [2.05, 4.69) is 10.6 Å². The molecule has 0 radical (unpaired) electrons. The van der Waals surface area contributed by atoms with Crippen LogP contribution in [0.4, 0.5) is 0 Å². The number of carbonyl (C=O) groups excluding carboxylic acids is 2. The molecule has 0 atom stereocenters. The SMILES string of the molecule is CNC1(CC(=O)NCCC(=O)N(C)C)CCCCC1. The number of hydrogen-bond donors (Lipinski definition) is 2. The Bertz CT molecular complexity index is 310. The molecule has 0 saturated heterocycles. The van der Waals surface area contributed by atoms with Crippen molar-refractivity contribution in [3.63, 3.8) is 0 Å². The van der Waals surface area contributed by atoms with Gasteiger partial charge >= 0.3 is 0 Å². The van der Waals surface area contributed by atoms with Crippen molar-refractivity contribution in [2.45, 2.75) is 50.5 Å². The minimum atomic E-state index is -0.0338. The molecule has 0 spiro atoms. The lowest BCUT2D eigenvalue weighted by molar-refractivity contribution is -0.128. The molecule has 0 heterocycles. The van der Waals surface area contributed by atoms with Crippen molar-refractivity contribution in [3.8, 4) is 0 Å². The highest BCUT2D eigenvalue weighted by Crippen LogP contribution is 2.30. The van der Waals surface area contributed by atoms with Gasteiger partial charge in [-0.3, -0.25) is 9.59 Å². The molecule has 110 valence electrons. The van der Waals surface area contributed by atoms with Crippen LogP contribution in [0.5, 0.6) is 0 Å². The zero-order chi connectivity index (χ0) is 14.3. The van der Waals surface area contributed by atoms with E-state index in [9.17, 15) is 9.59 Å². The van der Waals surface area contributed by atoms with Crippen LogP contribution in [0.3, 0.4) is 0 Å². The Morgan fingerprint density at radius 1 is 1.16 bits per heavy atom. The molecular formula is C14H27N3O2. The summed E-state index contributed by atoms with van der Waals surface area (Å²) >= 11 is 0. The molecule has 0 aromatic rings. The van der Waals surface area contributed by atoms with E-state index in [1.807, 2.05) is 7.05 Å². The van der Waals surface area contributed by atoms with Crippen molar-refractivity contribution >= 4 is 11.8 Å². The van der Waals surface area contributed by atoms with Crippen molar-refractivity contribution in [1.82, 2.24) is 15.5 Å². The van der Waals surface area contributed by atoms with Crippen LogP contribution in [0.25, 0.3) is 0 Å². The fourth-order valence-corrected chi connectivity index (χ4v) is 2.65. The highest BCUT2D eigenvalue weighted by molar-refractivity contribution is 5.79. The van der Waals surface area contributed by atoms with Crippen LogP contribution in [-0.2, 0) is 9.59 Å². The van der Waals surface area contributed by atoms with Crippen LogP contribution in [0.15, 0.2) is 0 Å². The Balaban J connectivity index is 2.31. The fraction of sp³-hybridized carbons (Fsp3) is 0.857. The van der Waals surface area contributed by atoms with E-state index in [0.717, 1.165) is 12.8 Å². The van der Waals surface area contributed by atoms with Gasteiger partial charge in [-0.2, -0.15) is 0 Å². The highest BCUT2D eigenvalue weighted by atomic mass is 16.2. The number of nitrogens with zero attached hydrogens (tertiary/aromatic N) is 1. The molecule has 0 unspecified atom stereocenters. The first-order valence-corrected chi connectivity index (χ1v) is 7.15. The molecule has 5 heteroatoms. The molecule has 0 aromatic heterocycles. The fourth-order valence-electron chi connectivity index (χ4n) is 2.65. The number of hydrogen-bond acceptors (Lipinski definition) is 3. The molecule has 19 heavy (non-hydrogen) atoms. The lowest BCUT2D eigenvalue weighted by atomic mass is 9.79. The monoisotopic (exact) mass is 269 g/mol. The second-order valence-corrected chi connectivity index (χ2v) is 5.66. The molecule has 0 aromatic carbocycles. The molecule has 1 fully saturated rings. The highest BCUT2D eigenvalue weighted by Gasteiger charge is 2.32. The quantitative estimate of drug-likeness (QED) is 0.753. The second-order valence-electron chi connectivity index (χ2n) is 5.66. The zero-order valence-electron chi connectivity index (χ0n) is 12.4. The van der Waals surface area contributed by atoms with Crippen molar-refractivity contribution in [2.75, 3.05) is 27.7 Å². The zero-order valence-corrected chi connectivity index (χ0v) is 12.4. The van der Waals surface area contributed by atoms with E-state index in [-0.39, 0.29) is 17.4 Å². The van der Waals surface area contributed by atoms with Gasteiger partial charge in [0.05, 0.1) is 0 Å². The largest absolute Gasteiger partial charge is 0.356 e. The summed E-state index contributed by atoms with van der Waals surface area (Å²) in [5.41, 5.74) is -0.0338. The molecule has 1 rings (SSSR count). The summed E-state index contributed by atoms with van der Waals surface area (Å²) in [5, 5.41) is 6.18. The average molecular weight is 269 g/mol. The molecule has 1 saturated carbocycles. The van der Waals surface area contributed by atoms with Crippen molar-refractivity contribution in [3.05, 3.63) is 0 Å². The van der Waals surface area contributed by atoms with E-state index in [1.165, 1.54) is 19.3 Å². The second kappa shape index (κ2) is 7.48. The van der Waals surface area contributed by atoms with E-state index < -0.39 is 0 Å². The Labute approximate surface area is 116 Å². The number of rotatable bonds is 6. The van der Waals surface area contributed by atoms with Gasteiger partial charge in [-0.25, -0.2) is 0 Å². The summed E-state index contributed by atoms with van der Waals surface area (Å²) in [5.74, 6) is 0.0871. The summed E-state index contributed by atoms with van der Waals surface area (Å²) < 4.78 is 0.